The highest BCUT2D eigenvalue weighted by Gasteiger charge is 2.16. The fourth-order valence-electron chi connectivity index (χ4n) is 5.36. The maximum absolute atomic E-state index is 10.4. The molecule has 0 bridgehead atoms. The molecule has 0 unspecified atom stereocenters. The second-order valence-corrected chi connectivity index (χ2v) is 10.0. The average molecular weight is 531 g/mol. The number of aromatic nitrogens is 4. The smallest absolute Gasteiger partial charge is 0.144 e. The molecule has 7 aromatic rings. The van der Waals surface area contributed by atoms with Gasteiger partial charge < -0.3 is 9.67 Å². The lowest BCUT2D eigenvalue weighted by atomic mass is 9.98. The molecule has 0 aliphatic rings. The van der Waals surface area contributed by atoms with Crippen LogP contribution in [0, 0.1) is 0 Å². The van der Waals surface area contributed by atoms with Gasteiger partial charge in [0, 0.05) is 30.6 Å². The van der Waals surface area contributed by atoms with Crippen molar-refractivity contribution in [2.75, 3.05) is 0 Å². The number of aromatic hydroxyl groups is 1. The van der Waals surface area contributed by atoms with Gasteiger partial charge in [-0.3, -0.25) is 9.97 Å². The maximum Gasteiger partial charge on any atom is 0.144 e. The number of benzene rings is 4. The van der Waals surface area contributed by atoms with Crippen LogP contribution in [-0.4, -0.2) is 24.6 Å². The summed E-state index contributed by atoms with van der Waals surface area (Å²) in [5.41, 5.74) is 11.2. The minimum absolute atomic E-state index is 0.107. The normalized spacial score (nSPS) is 11.1. The van der Waals surface area contributed by atoms with Gasteiger partial charge in [0.15, 0.2) is 0 Å². The lowest BCUT2D eigenvalue weighted by Crippen LogP contribution is -1.93. The summed E-state index contributed by atoms with van der Waals surface area (Å²) in [6.07, 6.45) is 4.98. The summed E-state index contributed by atoms with van der Waals surface area (Å²) in [6.45, 7) is 0. The number of hydrogen-bond acceptors (Lipinski definition) is 4. The van der Waals surface area contributed by atoms with Crippen molar-refractivity contribution in [1.82, 2.24) is 19.5 Å². The third-order valence-corrected chi connectivity index (χ3v) is 7.51. The summed E-state index contributed by atoms with van der Waals surface area (Å²) in [7, 11) is 1.96. The molecular formula is C36H26N4O. The van der Waals surface area contributed by atoms with E-state index in [-0.39, 0.29) is 5.75 Å². The minimum Gasteiger partial charge on any atom is -0.506 e. The molecule has 0 radical (unpaired) electrons. The van der Waals surface area contributed by atoms with E-state index >= 15 is 0 Å². The third kappa shape index (κ3) is 4.53. The van der Waals surface area contributed by atoms with Gasteiger partial charge in [-0.25, -0.2) is 4.98 Å². The number of rotatable bonds is 5. The SMILES string of the molecule is Cn1c(-c2ccncc2O)nc2c(-c3cccc(-c4cc(-c5ccc(-c6ccccc6)cc5)ccn4)c3)cccc21. The molecule has 4 aromatic carbocycles. The van der Waals surface area contributed by atoms with E-state index in [4.69, 9.17) is 9.97 Å². The topological polar surface area (TPSA) is 63.8 Å². The molecule has 3 heterocycles. The zero-order chi connectivity index (χ0) is 27.8. The predicted molar refractivity (Wildman–Crippen MR) is 165 cm³/mol. The van der Waals surface area contributed by atoms with E-state index in [2.05, 4.69) is 96.0 Å². The molecule has 1 N–H and O–H groups in total. The lowest BCUT2D eigenvalue weighted by Gasteiger charge is -2.09. The first-order valence-electron chi connectivity index (χ1n) is 13.5. The van der Waals surface area contributed by atoms with Gasteiger partial charge in [-0.2, -0.15) is 0 Å². The predicted octanol–water partition coefficient (Wildman–Crippen LogP) is 8.40. The number of fused-ring (bicyclic) bond motifs is 1. The highest BCUT2D eigenvalue weighted by molar-refractivity contribution is 5.95. The minimum atomic E-state index is 0.107. The lowest BCUT2D eigenvalue weighted by molar-refractivity contribution is 0.474. The van der Waals surface area contributed by atoms with Gasteiger partial charge in [0.05, 0.1) is 28.5 Å². The van der Waals surface area contributed by atoms with Crippen LogP contribution in [0.1, 0.15) is 0 Å². The zero-order valence-corrected chi connectivity index (χ0v) is 22.4. The van der Waals surface area contributed by atoms with Crippen LogP contribution in [0.25, 0.3) is 67.1 Å². The Morgan fingerprint density at radius 1 is 0.585 bits per heavy atom. The van der Waals surface area contributed by atoms with Gasteiger partial charge in [0.1, 0.15) is 11.6 Å². The van der Waals surface area contributed by atoms with E-state index in [9.17, 15) is 5.11 Å². The van der Waals surface area contributed by atoms with Crippen LogP contribution in [0.15, 0.2) is 134 Å². The number of imidazole rings is 1. The van der Waals surface area contributed by atoms with Crippen LogP contribution >= 0.6 is 0 Å². The van der Waals surface area contributed by atoms with E-state index in [1.807, 2.05) is 36.0 Å². The fourth-order valence-corrected chi connectivity index (χ4v) is 5.36. The second-order valence-electron chi connectivity index (χ2n) is 10.0. The molecule has 5 heteroatoms. The molecule has 5 nitrogen and oxygen atoms in total. The highest BCUT2D eigenvalue weighted by Crippen LogP contribution is 2.35. The first-order chi connectivity index (χ1) is 20.2. The van der Waals surface area contributed by atoms with E-state index in [0.29, 0.717) is 11.4 Å². The average Bonchev–Trinajstić information content (AvgIpc) is 3.38. The van der Waals surface area contributed by atoms with Crippen molar-refractivity contribution in [3.05, 3.63) is 134 Å². The standard InChI is InChI=1S/C36H26N4O/c1-40-33-12-6-11-30(35(33)39-36(40)31-18-19-37-23-34(31)41)28-9-5-10-29(21-28)32-22-27(17-20-38-32)26-15-13-25(14-16-26)24-7-3-2-4-8-24/h2-23,41H,1H3. The van der Waals surface area contributed by atoms with E-state index in [1.165, 1.54) is 17.3 Å². The highest BCUT2D eigenvalue weighted by atomic mass is 16.3. The summed E-state index contributed by atoms with van der Waals surface area (Å²) >= 11 is 0. The molecule has 0 atom stereocenters. The molecular weight excluding hydrogens is 504 g/mol. The first-order valence-corrected chi connectivity index (χ1v) is 13.5. The summed E-state index contributed by atoms with van der Waals surface area (Å²) in [6, 6.07) is 39.6. The van der Waals surface area contributed by atoms with Gasteiger partial charge >= 0.3 is 0 Å². The number of para-hydroxylation sites is 1. The molecule has 0 fully saturated rings. The molecule has 0 saturated heterocycles. The first kappa shape index (κ1) is 24.5. The van der Waals surface area contributed by atoms with Gasteiger partial charge in [-0.05, 0) is 58.1 Å². The Hall–Kier alpha value is -5.55. The van der Waals surface area contributed by atoms with Gasteiger partial charge in [0.2, 0.25) is 0 Å². The number of pyridine rings is 2. The van der Waals surface area contributed by atoms with Gasteiger partial charge in [0.25, 0.3) is 0 Å². The van der Waals surface area contributed by atoms with Crippen molar-refractivity contribution in [2.24, 2.45) is 7.05 Å². The van der Waals surface area contributed by atoms with Crippen molar-refractivity contribution in [3.8, 4) is 61.8 Å². The molecule has 3 aromatic heterocycles. The summed E-state index contributed by atoms with van der Waals surface area (Å²) < 4.78 is 2.01. The van der Waals surface area contributed by atoms with Crippen LogP contribution in [0.4, 0.5) is 0 Å². The van der Waals surface area contributed by atoms with E-state index < -0.39 is 0 Å². The molecule has 0 spiro atoms. The maximum atomic E-state index is 10.4. The van der Waals surface area contributed by atoms with Gasteiger partial charge in [-0.15, -0.1) is 0 Å². The Morgan fingerprint density at radius 3 is 2.10 bits per heavy atom. The Labute approximate surface area is 238 Å². The number of nitrogens with zero attached hydrogens (tertiary/aromatic N) is 4. The molecule has 41 heavy (non-hydrogen) atoms. The Morgan fingerprint density at radius 2 is 1.29 bits per heavy atom. The largest absolute Gasteiger partial charge is 0.506 e. The molecule has 0 amide bonds. The summed E-state index contributed by atoms with van der Waals surface area (Å²) in [4.78, 5) is 13.7. The van der Waals surface area contributed by atoms with E-state index in [1.54, 1.807) is 12.3 Å². The van der Waals surface area contributed by atoms with Crippen molar-refractivity contribution < 1.29 is 5.11 Å². The van der Waals surface area contributed by atoms with Crippen molar-refractivity contribution in [2.45, 2.75) is 0 Å². The second kappa shape index (κ2) is 10.2. The molecule has 0 aliphatic heterocycles. The Kier molecular flexibility index (Phi) is 6.10. The monoisotopic (exact) mass is 530 g/mol. The Bertz CT molecular complexity index is 2010. The Balaban J connectivity index is 1.25. The van der Waals surface area contributed by atoms with Crippen molar-refractivity contribution in [1.29, 1.82) is 0 Å². The summed E-state index contributed by atoms with van der Waals surface area (Å²) in [5.74, 6) is 0.797. The molecule has 196 valence electrons. The van der Waals surface area contributed by atoms with Crippen LogP contribution in [0.2, 0.25) is 0 Å². The molecule has 0 saturated carbocycles. The quantitative estimate of drug-likeness (QED) is 0.243. The van der Waals surface area contributed by atoms with Crippen LogP contribution in [0.3, 0.4) is 0 Å². The number of aryl methyl sites for hydroxylation is 1. The summed E-state index contributed by atoms with van der Waals surface area (Å²) in [5, 5.41) is 10.4. The van der Waals surface area contributed by atoms with Crippen LogP contribution in [0.5, 0.6) is 5.75 Å². The molecule has 7 rings (SSSR count). The van der Waals surface area contributed by atoms with Crippen molar-refractivity contribution in [3.63, 3.8) is 0 Å². The van der Waals surface area contributed by atoms with Crippen molar-refractivity contribution >= 4 is 11.0 Å². The zero-order valence-electron chi connectivity index (χ0n) is 22.4. The van der Waals surface area contributed by atoms with Crippen LogP contribution in [-0.2, 0) is 7.05 Å². The van der Waals surface area contributed by atoms with Crippen LogP contribution < -0.4 is 0 Å². The molecule has 0 aliphatic carbocycles. The third-order valence-electron chi connectivity index (χ3n) is 7.51. The number of hydrogen-bond donors (Lipinski definition) is 1. The fraction of sp³-hybridized carbons (Fsp3) is 0.0278. The van der Waals surface area contributed by atoms with Gasteiger partial charge in [-0.1, -0.05) is 84.9 Å². The van der Waals surface area contributed by atoms with E-state index in [0.717, 1.165) is 44.5 Å².